The first-order chi connectivity index (χ1) is 7.61. The zero-order valence-electron chi connectivity index (χ0n) is 10.7. The van der Waals surface area contributed by atoms with Crippen molar-refractivity contribution < 1.29 is 14.7 Å². The number of aliphatic hydroxyl groups excluding tert-OH is 1. The molecule has 0 saturated heterocycles. The van der Waals surface area contributed by atoms with Gasteiger partial charge in [-0.25, -0.2) is 0 Å². The van der Waals surface area contributed by atoms with Crippen LogP contribution in [0.2, 0.25) is 0 Å². The number of primary amides is 1. The Balaban J connectivity index is 3.95. The summed E-state index contributed by atoms with van der Waals surface area (Å²) in [4.78, 5) is 21.9. The summed E-state index contributed by atoms with van der Waals surface area (Å²) in [6, 6.07) is -0.950. The number of nitrogens with two attached hydrogens (primary N) is 2. The quantitative estimate of drug-likeness (QED) is 0.485. The van der Waals surface area contributed by atoms with Crippen molar-refractivity contribution in [3.8, 4) is 0 Å². The minimum Gasteiger partial charge on any atom is -0.391 e. The molecule has 0 aromatic carbocycles. The SMILES string of the molecule is CC(C)(C)CC(O)CNC(=O)C(N)CC(N)=O. The number of nitrogens with one attached hydrogen (secondary N) is 1. The van der Waals surface area contributed by atoms with Crippen LogP contribution in [0.25, 0.3) is 0 Å². The van der Waals surface area contributed by atoms with Crippen molar-refractivity contribution in [2.24, 2.45) is 16.9 Å². The fraction of sp³-hybridized carbons (Fsp3) is 0.818. The van der Waals surface area contributed by atoms with E-state index >= 15 is 0 Å². The van der Waals surface area contributed by atoms with Gasteiger partial charge in [0.1, 0.15) is 0 Å². The molecular formula is C11H23N3O3. The Kier molecular flexibility index (Phi) is 6.12. The van der Waals surface area contributed by atoms with Crippen LogP contribution in [0.5, 0.6) is 0 Å². The predicted molar refractivity (Wildman–Crippen MR) is 64.9 cm³/mol. The lowest BCUT2D eigenvalue weighted by atomic mass is 9.89. The van der Waals surface area contributed by atoms with Crippen molar-refractivity contribution in [2.75, 3.05) is 6.54 Å². The summed E-state index contributed by atoms with van der Waals surface area (Å²) >= 11 is 0. The van der Waals surface area contributed by atoms with Gasteiger partial charge in [0, 0.05) is 6.54 Å². The molecule has 0 heterocycles. The summed E-state index contributed by atoms with van der Waals surface area (Å²) in [5, 5.41) is 12.1. The summed E-state index contributed by atoms with van der Waals surface area (Å²) in [7, 11) is 0. The molecule has 0 aliphatic carbocycles. The largest absolute Gasteiger partial charge is 0.391 e. The van der Waals surface area contributed by atoms with Crippen LogP contribution in [-0.4, -0.2) is 35.6 Å². The highest BCUT2D eigenvalue weighted by Crippen LogP contribution is 2.20. The Morgan fingerprint density at radius 1 is 1.35 bits per heavy atom. The lowest BCUT2D eigenvalue weighted by Gasteiger charge is -2.22. The van der Waals surface area contributed by atoms with Crippen molar-refractivity contribution in [1.29, 1.82) is 0 Å². The van der Waals surface area contributed by atoms with E-state index in [0.717, 1.165) is 0 Å². The van der Waals surface area contributed by atoms with Gasteiger partial charge in [-0.2, -0.15) is 0 Å². The minimum atomic E-state index is -0.950. The molecule has 0 aliphatic rings. The van der Waals surface area contributed by atoms with E-state index in [1.54, 1.807) is 0 Å². The molecule has 0 rings (SSSR count). The summed E-state index contributed by atoms with van der Waals surface area (Å²) in [5.41, 5.74) is 10.3. The van der Waals surface area contributed by atoms with Gasteiger partial charge in [-0.05, 0) is 11.8 Å². The topological polar surface area (TPSA) is 118 Å². The van der Waals surface area contributed by atoms with Crippen molar-refractivity contribution in [3.05, 3.63) is 0 Å². The van der Waals surface area contributed by atoms with Gasteiger partial charge in [-0.1, -0.05) is 20.8 Å². The summed E-state index contributed by atoms with van der Waals surface area (Å²) in [6.45, 7) is 6.12. The van der Waals surface area contributed by atoms with Crippen molar-refractivity contribution >= 4 is 11.8 Å². The van der Waals surface area contributed by atoms with Gasteiger partial charge < -0.3 is 21.9 Å². The summed E-state index contributed by atoms with van der Waals surface area (Å²) in [5.74, 6) is -1.10. The van der Waals surface area contributed by atoms with Crippen LogP contribution >= 0.6 is 0 Å². The van der Waals surface area contributed by atoms with Crippen LogP contribution in [0.3, 0.4) is 0 Å². The lowest BCUT2D eigenvalue weighted by Crippen LogP contribution is -2.45. The molecule has 0 fully saturated rings. The Morgan fingerprint density at radius 2 is 1.88 bits per heavy atom. The maximum atomic E-state index is 11.4. The standard InChI is InChI=1S/C11H23N3O3/c1-11(2,3)5-7(15)6-14-10(17)8(12)4-9(13)16/h7-8,15H,4-6,12H2,1-3H3,(H2,13,16)(H,14,17). The van der Waals surface area contributed by atoms with Gasteiger partial charge in [0.2, 0.25) is 11.8 Å². The van der Waals surface area contributed by atoms with E-state index in [-0.39, 0.29) is 18.4 Å². The normalized spacial score (nSPS) is 15.1. The van der Waals surface area contributed by atoms with E-state index in [9.17, 15) is 14.7 Å². The number of hydrogen-bond acceptors (Lipinski definition) is 4. The Labute approximate surface area is 102 Å². The highest BCUT2D eigenvalue weighted by atomic mass is 16.3. The molecule has 2 atom stereocenters. The van der Waals surface area contributed by atoms with Gasteiger partial charge in [-0.3, -0.25) is 9.59 Å². The third-order valence-electron chi connectivity index (χ3n) is 2.12. The number of rotatable bonds is 6. The van der Waals surface area contributed by atoms with E-state index in [0.29, 0.717) is 6.42 Å². The Morgan fingerprint density at radius 3 is 2.29 bits per heavy atom. The van der Waals surface area contributed by atoms with Crippen LogP contribution in [0.1, 0.15) is 33.6 Å². The predicted octanol–water partition coefficient (Wildman–Crippen LogP) is -0.898. The van der Waals surface area contributed by atoms with Crippen LogP contribution in [0.4, 0.5) is 0 Å². The van der Waals surface area contributed by atoms with Crippen molar-refractivity contribution in [3.63, 3.8) is 0 Å². The smallest absolute Gasteiger partial charge is 0.237 e. The Hall–Kier alpha value is -1.14. The van der Waals surface area contributed by atoms with E-state index in [4.69, 9.17) is 11.5 Å². The van der Waals surface area contributed by atoms with Crippen LogP contribution in [0, 0.1) is 5.41 Å². The van der Waals surface area contributed by atoms with E-state index in [2.05, 4.69) is 5.32 Å². The number of carbonyl (C=O) groups excluding carboxylic acids is 2. The van der Waals surface area contributed by atoms with Crippen LogP contribution < -0.4 is 16.8 Å². The highest BCUT2D eigenvalue weighted by Gasteiger charge is 2.19. The highest BCUT2D eigenvalue weighted by molar-refractivity contribution is 5.87. The molecular weight excluding hydrogens is 222 g/mol. The molecule has 0 aliphatic heterocycles. The van der Waals surface area contributed by atoms with E-state index in [1.165, 1.54) is 0 Å². The van der Waals surface area contributed by atoms with Gasteiger partial charge >= 0.3 is 0 Å². The molecule has 6 nitrogen and oxygen atoms in total. The zero-order chi connectivity index (χ0) is 13.6. The molecule has 0 aromatic heterocycles. The monoisotopic (exact) mass is 245 g/mol. The molecule has 6 N–H and O–H groups in total. The number of aliphatic hydroxyl groups is 1. The first-order valence-corrected chi connectivity index (χ1v) is 5.61. The second-order valence-corrected chi connectivity index (χ2v) is 5.44. The Bertz CT molecular complexity index is 274. The van der Waals surface area contributed by atoms with E-state index in [1.807, 2.05) is 20.8 Å². The van der Waals surface area contributed by atoms with Crippen molar-refractivity contribution in [2.45, 2.75) is 45.8 Å². The zero-order valence-corrected chi connectivity index (χ0v) is 10.7. The maximum absolute atomic E-state index is 11.4. The summed E-state index contributed by atoms with van der Waals surface area (Å²) < 4.78 is 0. The second-order valence-electron chi connectivity index (χ2n) is 5.44. The van der Waals surface area contributed by atoms with E-state index < -0.39 is 24.0 Å². The molecule has 0 bridgehead atoms. The molecule has 17 heavy (non-hydrogen) atoms. The maximum Gasteiger partial charge on any atom is 0.237 e. The molecule has 2 unspecified atom stereocenters. The fourth-order valence-electron chi connectivity index (χ4n) is 1.44. The average molecular weight is 245 g/mol. The second kappa shape index (κ2) is 6.56. The minimum absolute atomic E-state index is 0.0144. The van der Waals surface area contributed by atoms with Crippen molar-refractivity contribution in [1.82, 2.24) is 5.32 Å². The van der Waals surface area contributed by atoms with Crippen LogP contribution in [0.15, 0.2) is 0 Å². The first-order valence-electron chi connectivity index (χ1n) is 5.61. The van der Waals surface area contributed by atoms with Gasteiger partial charge in [0.25, 0.3) is 0 Å². The average Bonchev–Trinajstić information content (AvgIpc) is 2.10. The van der Waals surface area contributed by atoms with Crippen LogP contribution in [-0.2, 0) is 9.59 Å². The fourth-order valence-corrected chi connectivity index (χ4v) is 1.44. The lowest BCUT2D eigenvalue weighted by molar-refractivity contribution is -0.126. The molecule has 6 heteroatoms. The molecule has 0 aromatic rings. The molecule has 0 spiro atoms. The van der Waals surface area contributed by atoms with Gasteiger partial charge in [-0.15, -0.1) is 0 Å². The third kappa shape index (κ3) is 8.65. The number of amides is 2. The third-order valence-corrected chi connectivity index (χ3v) is 2.12. The molecule has 2 amide bonds. The molecule has 0 radical (unpaired) electrons. The number of carbonyl (C=O) groups is 2. The molecule has 0 saturated carbocycles. The van der Waals surface area contributed by atoms with Gasteiger partial charge in [0.15, 0.2) is 0 Å². The first kappa shape index (κ1) is 15.9. The molecule has 100 valence electrons. The summed E-state index contributed by atoms with van der Waals surface area (Å²) in [6.07, 6.45) is -0.251. The number of hydrogen-bond donors (Lipinski definition) is 4. The van der Waals surface area contributed by atoms with Gasteiger partial charge in [0.05, 0.1) is 18.6 Å².